The molecule has 0 aliphatic heterocycles. The topological polar surface area (TPSA) is 75.3 Å². The van der Waals surface area contributed by atoms with Crippen molar-refractivity contribution in [2.45, 2.75) is 18.5 Å². The van der Waals surface area contributed by atoms with Crippen LogP contribution in [0.5, 0.6) is 5.75 Å². The number of hydrogen-bond acceptors (Lipinski definition) is 4. The summed E-state index contributed by atoms with van der Waals surface area (Å²) in [7, 11) is -0.479. The Hall–Kier alpha value is -1.86. The summed E-state index contributed by atoms with van der Waals surface area (Å²) in [6.45, 7) is 2.18. The fourth-order valence-corrected chi connectivity index (χ4v) is 2.95. The van der Waals surface area contributed by atoms with E-state index in [-0.39, 0.29) is 11.6 Å². The summed E-state index contributed by atoms with van der Waals surface area (Å²) < 4.78 is 31.1. The van der Waals surface area contributed by atoms with Gasteiger partial charge in [0.25, 0.3) is 10.0 Å². The number of sulfonamides is 1. The number of methoxy groups -OCH3 is 1. The molecule has 2 aromatic rings. The number of ether oxygens (including phenoxy) is 1. The first-order chi connectivity index (χ1) is 9.45. The van der Waals surface area contributed by atoms with Gasteiger partial charge in [0, 0.05) is 19.2 Å². The molecular formula is C13H17N3O3S. The third kappa shape index (κ3) is 2.83. The fraction of sp³-hybridized carbons (Fsp3) is 0.308. The van der Waals surface area contributed by atoms with Crippen LogP contribution in [0.4, 0.5) is 0 Å². The van der Waals surface area contributed by atoms with Crippen LogP contribution in [0.2, 0.25) is 0 Å². The first kappa shape index (κ1) is 14.5. The van der Waals surface area contributed by atoms with E-state index in [4.69, 9.17) is 4.74 Å². The van der Waals surface area contributed by atoms with Gasteiger partial charge in [-0.25, -0.2) is 13.4 Å². The Labute approximate surface area is 118 Å². The normalized spacial score (nSPS) is 11.8. The second-order valence-electron chi connectivity index (χ2n) is 4.49. The summed E-state index contributed by atoms with van der Waals surface area (Å²) in [5.74, 6) is 0.669. The molecule has 1 heterocycles. The Kier molecular flexibility index (Phi) is 4.10. The molecule has 0 saturated carbocycles. The highest BCUT2D eigenvalue weighted by Crippen LogP contribution is 2.23. The Morgan fingerprint density at radius 2 is 2.15 bits per heavy atom. The molecule has 0 atom stereocenters. The average Bonchev–Trinajstić information content (AvgIpc) is 2.93. The van der Waals surface area contributed by atoms with Crippen LogP contribution in [-0.4, -0.2) is 36.8 Å². The van der Waals surface area contributed by atoms with E-state index < -0.39 is 10.0 Å². The summed E-state index contributed by atoms with van der Waals surface area (Å²) >= 11 is 0. The lowest BCUT2D eigenvalue weighted by molar-refractivity contribution is 0.397. The monoisotopic (exact) mass is 295 g/mol. The number of H-pyrrole nitrogens is 1. The first-order valence-corrected chi connectivity index (χ1v) is 7.47. The fourth-order valence-electron chi connectivity index (χ4n) is 1.91. The van der Waals surface area contributed by atoms with E-state index in [0.717, 1.165) is 11.1 Å². The molecule has 0 amide bonds. The number of imidazole rings is 1. The van der Waals surface area contributed by atoms with Crippen LogP contribution in [0.15, 0.2) is 35.7 Å². The SMILES string of the molecule is COc1ccc(C)cc1CN(C)S(=O)(=O)c1cnc[nH]1. The molecule has 0 bridgehead atoms. The highest BCUT2D eigenvalue weighted by atomic mass is 32.2. The van der Waals surface area contributed by atoms with E-state index >= 15 is 0 Å². The van der Waals surface area contributed by atoms with E-state index in [1.807, 2.05) is 25.1 Å². The van der Waals surface area contributed by atoms with E-state index in [0.29, 0.717) is 5.75 Å². The van der Waals surface area contributed by atoms with Crippen LogP contribution in [0.3, 0.4) is 0 Å². The Balaban J connectivity index is 2.28. The van der Waals surface area contributed by atoms with Gasteiger partial charge in [-0.1, -0.05) is 17.7 Å². The maximum Gasteiger partial charge on any atom is 0.260 e. The van der Waals surface area contributed by atoms with Gasteiger partial charge in [0.05, 0.1) is 19.6 Å². The molecule has 1 N–H and O–H groups in total. The zero-order valence-electron chi connectivity index (χ0n) is 11.6. The maximum atomic E-state index is 12.3. The smallest absolute Gasteiger partial charge is 0.260 e. The van der Waals surface area contributed by atoms with Crippen molar-refractivity contribution >= 4 is 10.0 Å². The molecule has 0 radical (unpaired) electrons. The van der Waals surface area contributed by atoms with Gasteiger partial charge in [0.2, 0.25) is 0 Å². The van der Waals surface area contributed by atoms with Crippen LogP contribution in [-0.2, 0) is 16.6 Å². The third-order valence-corrected chi connectivity index (χ3v) is 4.72. The van der Waals surface area contributed by atoms with Crippen molar-refractivity contribution in [1.82, 2.24) is 14.3 Å². The Bertz CT molecular complexity index is 681. The van der Waals surface area contributed by atoms with Crippen LogP contribution in [0.25, 0.3) is 0 Å². The van der Waals surface area contributed by atoms with Crippen molar-refractivity contribution in [3.63, 3.8) is 0 Å². The zero-order valence-corrected chi connectivity index (χ0v) is 12.4. The van der Waals surface area contributed by atoms with Gasteiger partial charge in [-0.15, -0.1) is 0 Å². The third-order valence-electron chi connectivity index (χ3n) is 2.99. The van der Waals surface area contributed by atoms with Crippen LogP contribution in [0, 0.1) is 6.92 Å². The van der Waals surface area contributed by atoms with Gasteiger partial charge in [0.1, 0.15) is 5.75 Å². The van der Waals surface area contributed by atoms with Crippen molar-refractivity contribution < 1.29 is 13.2 Å². The summed E-state index contributed by atoms with van der Waals surface area (Å²) in [5.41, 5.74) is 1.87. The van der Waals surface area contributed by atoms with Gasteiger partial charge >= 0.3 is 0 Å². The summed E-state index contributed by atoms with van der Waals surface area (Å²) in [6.07, 6.45) is 2.63. The van der Waals surface area contributed by atoms with Crippen molar-refractivity contribution in [2.75, 3.05) is 14.2 Å². The van der Waals surface area contributed by atoms with E-state index in [9.17, 15) is 8.42 Å². The first-order valence-electron chi connectivity index (χ1n) is 6.03. The van der Waals surface area contributed by atoms with Crippen LogP contribution < -0.4 is 4.74 Å². The summed E-state index contributed by atoms with van der Waals surface area (Å²) in [6, 6.07) is 5.67. The minimum Gasteiger partial charge on any atom is -0.496 e. The lowest BCUT2D eigenvalue weighted by Gasteiger charge is -2.18. The second-order valence-corrected chi connectivity index (χ2v) is 6.51. The largest absolute Gasteiger partial charge is 0.496 e. The number of hydrogen-bond donors (Lipinski definition) is 1. The summed E-state index contributed by atoms with van der Waals surface area (Å²) in [4.78, 5) is 6.35. The molecule has 0 unspecified atom stereocenters. The maximum absolute atomic E-state index is 12.3. The number of nitrogens with one attached hydrogen (secondary N) is 1. The molecule has 6 nitrogen and oxygen atoms in total. The number of aromatic amines is 1. The van der Waals surface area contributed by atoms with Crippen molar-refractivity contribution in [1.29, 1.82) is 0 Å². The molecule has 2 rings (SSSR count). The second kappa shape index (κ2) is 5.64. The van der Waals surface area contributed by atoms with Crippen molar-refractivity contribution in [3.05, 3.63) is 41.9 Å². The molecule has 0 spiro atoms. The predicted octanol–water partition coefficient (Wildman–Crippen LogP) is 1.55. The predicted molar refractivity (Wildman–Crippen MR) is 75.0 cm³/mol. The van der Waals surface area contributed by atoms with Crippen LogP contribution >= 0.6 is 0 Å². The minimum atomic E-state index is -3.57. The minimum absolute atomic E-state index is 0.0756. The van der Waals surface area contributed by atoms with Gasteiger partial charge in [-0.2, -0.15) is 4.31 Å². The lowest BCUT2D eigenvalue weighted by Crippen LogP contribution is -2.27. The quantitative estimate of drug-likeness (QED) is 0.908. The standard InChI is InChI=1S/C13H17N3O3S/c1-10-4-5-12(19-3)11(6-10)8-16(2)20(17,18)13-7-14-9-15-13/h4-7,9H,8H2,1-3H3,(H,14,15). The average molecular weight is 295 g/mol. The van der Waals surface area contributed by atoms with E-state index in [1.54, 1.807) is 7.11 Å². The van der Waals surface area contributed by atoms with Crippen LogP contribution in [0.1, 0.15) is 11.1 Å². The Morgan fingerprint density at radius 3 is 2.75 bits per heavy atom. The zero-order chi connectivity index (χ0) is 14.8. The molecule has 0 aliphatic rings. The highest BCUT2D eigenvalue weighted by Gasteiger charge is 2.23. The number of nitrogens with zero attached hydrogens (tertiary/aromatic N) is 2. The van der Waals surface area contributed by atoms with Crippen molar-refractivity contribution in [2.24, 2.45) is 0 Å². The summed E-state index contributed by atoms with van der Waals surface area (Å²) in [5, 5.41) is 0.0756. The molecule has 108 valence electrons. The molecule has 0 saturated heterocycles. The van der Waals surface area contributed by atoms with Gasteiger partial charge in [-0.05, 0) is 13.0 Å². The molecule has 0 fully saturated rings. The highest BCUT2D eigenvalue weighted by molar-refractivity contribution is 7.89. The number of benzene rings is 1. The number of aromatic nitrogens is 2. The molecule has 1 aromatic carbocycles. The van der Waals surface area contributed by atoms with Crippen molar-refractivity contribution in [3.8, 4) is 5.75 Å². The molecule has 1 aromatic heterocycles. The number of rotatable bonds is 5. The molecule has 7 heteroatoms. The van der Waals surface area contributed by atoms with E-state index in [2.05, 4.69) is 9.97 Å². The molecule has 20 heavy (non-hydrogen) atoms. The van der Waals surface area contributed by atoms with Gasteiger partial charge in [-0.3, -0.25) is 0 Å². The molecule has 0 aliphatic carbocycles. The Morgan fingerprint density at radius 1 is 1.40 bits per heavy atom. The number of aryl methyl sites for hydroxylation is 1. The molecular weight excluding hydrogens is 278 g/mol. The van der Waals surface area contributed by atoms with Gasteiger partial charge in [0.15, 0.2) is 5.03 Å². The lowest BCUT2D eigenvalue weighted by atomic mass is 10.1. The van der Waals surface area contributed by atoms with Gasteiger partial charge < -0.3 is 9.72 Å². The van der Waals surface area contributed by atoms with E-state index in [1.165, 1.54) is 23.9 Å².